The van der Waals surface area contributed by atoms with Gasteiger partial charge in [0.15, 0.2) is 0 Å². The molecule has 4 heterocycles. The van der Waals surface area contributed by atoms with Crippen LogP contribution < -0.4 is 14.4 Å². The number of carboxylic acid groups (broad SMARTS) is 1. The Morgan fingerprint density at radius 3 is 2.36 bits per heavy atom. The van der Waals surface area contributed by atoms with Crippen LogP contribution in [0.25, 0.3) is 32.9 Å². The van der Waals surface area contributed by atoms with Crippen LogP contribution >= 0.6 is 23.2 Å². The molecule has 0 fully saturated rings. The lowest BCUT2D eigenvalue weighted by molar-refractivity contribution is 0.0698. The minimum Gasteiger partial charge on any atom is -0.496 e. The van der Waals surface area contributed by atoms with E-state index >= 15 is 4.79 Å². The number of rotatable bonds is 12. The molecule has 6 aromatic rings. The highest BCUT2D eigenvalue weighted by Crippen LogP contribution is 2.46. The van der Waals surface area contributed by atoms with Gasteiger partial charge in [-0.05, 0) is 94.5 Å². The van der Waals surface area contributed by atoms with Crippen molar-refractivity contribution in [3.05, 3.63) is 92.0 Å². The van der Waals surface area contributed by atoms with Gasteiger partial charge in [-0.3, -0.25) is 9.48 Å². The maximum Gasteiger partial charge on any atom is 0.338 e. The summed E-state index contributed by atoms with van der Waals surface area (Å²) < 4.78 is 23.2. The number of carbonyl (C=O) groups is 2. The Bertz CT molecular complexity index is 2490. The second-order valence-electron chi connectivity index (χ2n) is 14.3. The monoisotopic (exact) mass is 785 g/mol. The Morgan fingerprint density at radius 1 is 1.00 bits per heavy atom. The van der Waals surface area contributed by atoms with Crippen molar-refractivity contribution in [3.63, 3.8) is 0 Å². The average Bonchev–Trinajstić information content (AvgIpc) is 3.78. The molecule has 1 N–H and O–H groups in total. The van der Waals surface area contributed by atoms with E-state index in [0.717, 1.165) is 60.9 Å². The van der Waals surface area contributed by atoms with E-state index in [4.69, 9.17) is 42.5 Å². The number of anilines is 1. The smallest absolute Gasteiger partial charge is 0.338 e. The average molecular weight is 787 g/mol. The molecule has 1 atom stereocenters. The van der Waals surface area contributed by atoms with Crippen LogP contribution in [0, 0.1) is 27.7 Å². The number of aromatic carboxylic acids is 1. The van der Waals surface area contributed by atoms with Crippen molar-refractivity contribution < 1.29 is 28.9 Å². The van der Waals surface area contributed by atoms with Crippen molar-refractivity contribution in [2.75, 3.05) is 38.9 Å². The molecule has 1 aliphatic heterocycles. The van der Waals surface area contributed by atoms with Crippen LogP contribution in [-0.4, -0.2) is 69.9 Å². The Hall–Kier alpha value is -4.97. The summed E-state index contributed by atoms with van der Waals surface area (Å²) >= 11 is 13.5. The van der Waals surface area contributed by atoms with Gasteiger partial charge in [-0.2, -0.15) is 5.10 Å². The molecule has 1 amide bonds. The summed E-state index contributed by atoms with van der Waals surface area (Å²) in [7, 11) is 5.03. The van der Waals surface area contributed by atoms with E-state index in [1.54, 1.807) is 24.3 Å². The zero-order valence-corrected chi connectivity index (χ0v) is 33.9. The van der Waals surface area contributed by atoms with Crippen molar-refractivity contribution >= 4 is 62.6 Å². The molecule has 11 nitrogen and oxygen atoms in total. The molecule has 0 bridgehead atoms. The number of ether oxygens (including phenoxy) is 3. The van der Waals surface area contributed by atoms with E-state index in [2.05, 4.69) is 11.5 Å². The first kappa shape index (κ1) is 38.3. The van der Waals surface area contributed by atoms with Gasteiger partial charge in [0, 0.05) is 66.7 Å². The maximum absolute atomic E-state index is 15.3. The summed E-state index contributed by atoms with van der Waals surface area (Å²) in [4.78, 5) is 29.6. The topological polar surface area (TPSA) is 113 Å². The van der Waals surface area contributed by atoms with Gasteiger partial charge < -0.3 is 33.4 Å². The maximum atomic E-state index is 15.3. The molecule has 0 radical (unpaired) electrons. The molecule has 0 unspecified atom stereocenters. The van der Waals surface area contributed by atoms with Gasteiger partial charge in [-0.25, -0.2) is 4.79 Å². The van der Waals surface area contributed by atoms with Crippen molar-refractivity contribution in [1.82, 2.24) is 18.9 Å². The van der Waals surface area contributed by atoms with Crippen LogP contribution in [0.4, 0.5) is 5.69 Å². The summed E-state index contributed by atoms with van der Waals surface area (Å²) in [5, 5.41) is 17.7. The van der Waals surface area contributed by atoms with Crippen LogP contribution in [0.15, 0.2) is 42.6 Å². The molecule has 3 aromatic carbocycles. The highest BCUT2D eigenvalue weighted by molar-refractivity contribution is 6.35. The van der Waals surface area contributed by atoms with Crippen LogP contribution in [-0.2, 0) is 24.8 Å². The number of carbonyl (C=O) groups excluding carboxylic acids is 1. The lowest BCUT2D eigenvalue weighted by Crippen LogP contribution is -2.43. The molecular formula is C42H45Cl2N5O6. The summed E-state index contributed by atoms with van der Waals surface area (Å²) in [6, 6.07) is 11.2. The molecule has 0 saturated carbocycles. The third-order valence-electron chi connectivity index (χ3n) is 10.8. The van der Waals surface area contributed by atoms with E-state index in [0.29, 0.717) is 72.2 Å². The van der Waals surface area contributed by atoms with Crippen molar-refractivity contribution in [3.8, 4) is 22.6 Å². The number of benzene rings is 3. The molecule has 55 heavy (non-hydrogen) atoms. The largest absolute Gasteiger partial charge is 0.496 e. The molecule has 0 spiro atoms. The second-order valence-corrected chi connectivity index (χ2v) is 15.1. The van der Waals surface area contributed by atoms with Crippen LogP contribution in [0.2, 0.25) is 10.0 Å². The SMILES string of the molecule is COCCn1cc(C(=O)O)c2c(OC)ccc(N3C[C@@H](C)n4c(c(CCCOc5cc(C)c(Cl)c(C)c5)c5ccc(Cl)c(-c6c(C)nn(C)c6C)c54)C3=O)c21. The van der Waals surface area contributed by atoms with E-state index < -0.39 is 5.97 Å². The third kappa shape index (κ3) is 6.41. The predicted molar refractivity (Wildman–Crippen MR) is 217 cm³/mol. The first-order valence-electron chi connectivity index (χ1n) is 18.3. The van der Waals surface area contributed by atoms with Gasteiger partial charge in [0.2, 0.25) is 0 Å². The van der Waals surface area contributed by atoms with E-state index in [-0.39, 0.29) is 17.5 Å². The normalized spacial score (nSPS) is 14.3. The van der Waals surface area contributed by atoms with E-state index in [9.17, 15) is 9.90 Å². The first-order chi connectivity index (χ1) is 26.3. The summed E-state index contributed by atoms with van der Waals surface area (Å²) in [5.74, 6) is -0.129. The zero-order chi connectivity index (χ0) is 39.5. The molecule has 0 saturated heterocycles. The molecule has 7 rings (SSSR count). The van der Waals surface area contributed by atoms with Gasteiger partial charge in [-0.1, -0.05) is 29.3 Å². The number of aryl methyl sites for hydroxylation is 5. The van der Waals surface area contributed by atoms with Crippen molar-refractivity contribution in [2.45, 2.75) is 60.0 Å². The minimum atomic E-state index is -1.09. The minimum absolute atomic E-state index is 0.0877. The molecule has 0 aliphatic carbocycles. The third-order valence-corrected chi connectivity index (χ3v) is 11.7. The zero-order valence-electron chi connectivity index (χ0n) is 32.3. The number of carboxylic acids is 1. The number of aromatic nitrogens is 4. The summed E-state index contributed by atoms with van der Waals surface area (Å²) in [6.45, 7) is 11.5. The number of fused-ring (bicyclic) bond motifs is 4. The standard InChI is InChI=1S/C42H45Cl2N5O6/c1-22-18-27(19-23(2)37(22)44)55-16-9-10-28-29-11-12-31(43)36(34-25(4)45-46(6)26(34)5)38(29)49-24(3)20-48(41(50)39(28)49)32-13-14-33(54-8)35-30(42(51)52)21-47(40(32)35)15-17-53-7/h11-14,18-19,21,24H,9-10,15-17,20H2,1-8H3,(H,51,52)/t24-/m1/s1. The Kier molecular flexibility index (Phi) is 10.4. The van der Waals surface area contributed by atoms with Gasteiger partial charge in [0.1, 0.15) is 17.2 Å². The Labute approximate surface area is 329 Å². The summed E-state index contributed by atoms with van der Waals surface area (Å²) in [5.41, 5.74) is 9.11. The van der Waals surface area contributed by atoms with Gasteiger partial charge in [0.05, 0.1) is 58.7 Å². The fraction of sp³-hybridized carbons (Fsp3) is 0.357. The number of methoxy groups -OCH3 is 2. The number of hydrogen-bond donors (Lipinski definition) is 1. The van der Waals surface area contributed by atoms with Crippen LogP contribution in [0.5, 0.6) is 11.5 Å². The van der Waals surface area contributed by atoms with Crippen LogP contribution in [0.3, 0.4) is 0 Å². The lowest BCUT2D eigenvalue weighted by Gasteiger charge is -2.35. The van der Waals surface area contributed by atoms with Crippen molar-refractivity contribution in [2.24, 2.45) is 7.05 Å². The fourth-order valence-electron chi connectivity index (χ4n) is 8.25. The van der Waals surface area contributed by atoms with E-state index in [1.165, 1.54) is 7.11 Å². The number of amides is 1. The molecule has 1 aliphatic rings. The molecule has 3 aromatic heterocycles. The predicted octanol–water partition coefficient (Wildman–Crippen LogP) is 9.12. The summed E-state index contributed by atoms with van der Waals surface area (Å²) in [6.07, 6.45) is 2.77. The quantitative estimate of drug-likeness (QED) is 0.123. The number of nitrogens with zero attached hydrogens (tertiary/aromatic N) is 5. The highest BCUT2D eigenvalue weighted by atomic mass is 35.5. The Morgan fingerprint density at radius 2 is 1.73 bits per heavy atom. The number of halogens is 2. The first-order valence-corrected chi connectivity index (χ1v) is 19.0. The Balaban J connectivity index is 1.41. The van der Waals surface area contributed by atoms with Gasteiger partial charge >= 0.3 is 5.97 Å². The second kappa shape index (κ2) is 14.9. The van der Waals surface area contributed by atoms with Gasteiger partial charge in [-0.15, -0.1) is 0 Å². The van der Waals surface area contributed by atoms with Gasteiger partial charge in [0.25, 0.3) is 5.91 Å². The molecular weight excluding hydrogens is 741 g/mol. The molecule has 13 heteroatoms. The van der Waals surface area contributed by atoms with Crippen molar-refractivity contribution in [1.29, 1.82) is 0 Å². The van der Waals surface area contributed by atoms with Crippen LogP contribution in [0.1, 0.15) is 68.3 Å². The highest BCUT2D eigenvalue weighted by Gasteiger charge is 2.38. The van der Waals surface area contributed by atoms with E-state index in [1.807, 2.05) is 74.3 Å². The molecule has 288 valence electrons. The fourth-order valence-corrected chi connectivity index (χ4v) is 8.61. The lowest BCUT2D eigenvalue weighted by atomic mass is 9.98. The number of hydrogen-bond acceptors (Lipinski definition) is 6.